The van der Waals surface area contributed by atoms with Gasteiger partial charge in [0.2, 0.25) is 0 Å². The molecule has 0 radical (unpaired) electrons. The second-order valence-corrected chi connectivity index (χ2v) is 4.68. The number of nitrogens with zero attached hydrogens (tertiary/aromatic N) is 2. The largest absolute Gasteiger partial charge is 0.478 e. The van der Waals surface area contributed by atoms with E-state index in [2.05, 4.69) is 23.4 Å². The molecule has 1 unspecified atom stereocenters. The summed E-state index contributed by atoms with van der Waals surface area (Å²) in [6, 6.07) is 5.52. The summed E-state index contributed by atoms with van der Waals surface area (Å²) in [5.74, 6) is 0.0270. The van der Waals surface area contributed by atoms with E-state index in [0.717, 1.165) is 29.7 Å². The Morgan fingerprint density at radius 2 is 2.22 bits per heavy atom. The number of fused-ring (bicyclic) bond motifs is 1. The second kappa shape index (κ2) is 4.80. The first kappa shape index (κ1) is 12.6. The van der Waals surface area contributed by atoms with E-state index in [0.29, 0.717) is 6.04 Å². The molecule has 2 aromatic rings. The van der Waals surface area contributed by atoms with Gasteiger partial charge >= 0.3 is 5.97 Å². The van der Waals surface area contributed by atoms with Gasteiger partial charge in [-0.15, -0.1) is 0 Å². The summed E-state index contributed by atoms with van der Waals surface area (Å²) in [4.78, 5) is 15.4. The van der Waals surface area contributed by atoms with E-state index in [1.165, 1.54) is 0 Å². The lowest BCUT2D eigenvalue weighted by molar-refractivity contribution is 0.0697. The standard InChI is InChI=1S/C14H18N2O2/c1-4-5-9(2)16-10(3)15-12-8-11(14(17)18)6-7-13(12)16/h6-9H,4-5H2,1-3H3,(H,17,18). The number of benzene rings is 1. The number of hydrogen-bond donors (Lipinski definition) is 1. The number of rotatable bonds is 4. The fourth-order valence-electron chi connectivity index (χ4n) is 2.46. The van der Waals surface area contributed by atoms with Crippen LogP contribution in [-0.2, 0) is 0 Å². The van der Waals surface area contributed by atoms with Crippen molar-refractivity contribution in [2.75, 3.05) is 0 Å². The molecule has 0 saturated heterocycles. The summed E-state index contributed by atoms with van der Waals surface area (Å²) < 4.78 is 2.18. The Kier molecular flexibility index (Phi) is 3.36. The van der Waals surface area contributed by atoms with Gasteiger partial charge < -0.3 is 9.67 Å². The van der Waals surface area contributed by atoms with E-state index >= 15 is 0 Å². The molecular formula is C14H18N2O2. The Balaban J connectivity index is 2.55. The van der Waals surface area contributed by atoms with Gasteiger partial charge in [0.05, 0.1) is 16.6 Å². The van der Waals surface area contributed by atoms with Gasteiger partial charge in [-0.1, -0.05) is 13.3 Å². The Hall–Kier alpha value is -1.84. The highest BCUT2D eigenvalue weighted by Gasteiger charge is 2.14. The van der Waals surface area contributed by atoms with E-state index in [1.807, 2.05) is 13.0 Å². The quantitative estimate of drug-likeness (QED) is 0.899. The molecule has 4 heteroatoms. The molecule has 0 spiro atoms. The molecule has 1 atom stereocenters. The van der Waals surface area contributed by atoms with Crippen molar-refractivity contribution in [2.24, 2.45) is 0 Å². The number of hydrogen-bond acceptors (Lipinski definition) is 2. The Labute approximate surface area is 106 Å². The van der Waals surface area contributed by atoms with Crippen LogP contribution in [0.5, 0.6) is 0 Å². The first-order valence-electron chi connectivity index (χ1n) is 6.26. The molecule has 2 rings (SSSR count). The topological polar surface area (TPSA) is 55.1 Å². The van der Waals surface area contributed by atoms with Crippen molar-refractivity contribution >= 4 is 17.0 Å². The molecule has 96 valence electrons. The normalized spacial score (nSPS) is 12.8. The molecule has 0 aliphatic heterocycles. The zero-order chi connectivity index (χ0) is 13.3. The predicted molar refractivity (Wildman–Crippen MR) is 71.0 cm³/mol. The second-order valence-electron chi connectivity index (χ2n) is 4.68. The maximum atomic E-state index is 10.9. The van der Waals surface area contributed by atoms with E-state index in [4.69, 9.17) is 5.11 Å². The monoisotopic (exact) mass is 246 g/mol. The van der Waals surface area contributed by atoms with Crippen molar-refractivity contribution in [1.82, 2.24) is 9.55 Å². The van der Waals surface area contributed by atoms with E-state index in [1.54, 1.807) is 12.1 Å². The number of aromatic nitrogens is 2. The van der Waals surface area contributed by atoms with E-state index in [9.17, 15) is 4.79 Å². The summed E-state index contributed by atoms with van der Waals surface area (Å²) >= 11 is 0. The van der Waals surface area contributed by atoms with Gasteiger partial charge in [-0.25, -0.2) is 9.78 Å². The van der Waals surface area contributed by atoms with E-state index < -0.39 is 5.97 Å². The number of carboxylic acid groups (broad SMARTS) is 1. The predicted octanol–water partition coefficient (Wildman–Crippen LogP) is 3.40. The summed E-state index contributed by atoms with van der Waals surface area (Å²) in [6.45, 7) is 6.29. The summed E-state index contributed by atoms with van der Waals surface area (Å²) in [5.41, 5.74) is 2.06. The molecule has 18 heavy (non-hydrogen) atoms. The molecule has 1 heterocycles. The minimum absolute atomic E-state index is 0.287. The van der Waals surface area contributed by atoms with Crippen LogP contribution in [-0.4, -0.2) is 20.6 Å². The van der Waals surface area contributed by atoms with Crippen LogP contribution in [0.25, 0.3) is 11.0 Å². The molecule has 0 saturated carbocycles. The van der Waals surface area contributed by atoms with Crippen molar-refractivity contribution in [1.29, 1.82) is 0 Å². The smallest absolute Gasteiger partial charge is 0.335 e. The van der Waals surface area contributed by atoms with E-state index in [-0.39, 0.29) is 5.56 Å². The maximum Gasteiger partial charge on any atom is 0.335 e. The van der Waals surface area contributed by atoms with Gasteiger partial charge in [0.1, 0.15) is 5.82 Å². The van der Waals surface area contributed by atoms with Crippen LogP contribution in [0.4, 0.5) is 0 Å². The third kappa shape index (κ3) is 2.10. The van der Waals surface area contributed by atoms with Crippen LogP contribution in [0, 0.1) is 6.92 Å². The molecule has 0 aliphatic rings. The van der Waals surface area contributed by atoms with Crippen molar-refractivity contribution in [3.63, 3.8) is 0 Å². The minimum Gasteiger partial charge on any atom is -0.478 e. The van der Waals surface area contributed by atoms with Crippen LogP contribution in [0.3, 0.4) is 0 Å². The Morgan fingerprint density at radius 1 is 1.50 bits per heavy atom. The van der Waals surface area contributed by atoms with Crippen LogP contribution in [0.1, 0.15) is 48.9 Å². The van der Waals surface area contributed by atoms with Crippen molar-refractivity contribution in [3.05, 3.63) is 29.6 Å². The SMILES string of the molecule is CCCC(C)n1c(C)nc2cc(C(=O)O)ccc21. The van der Waals surface area contributed by atoms with Crippen LogP contribution >= 0.6 is 0 Å². The van der Waals surface area contributed by atoms with Gasteiger partial charge in [-0.2, -0.15) is 0 Å². The molecule has 1 aromatic heterocycles. The summed E-state index contributed by atoms with van der Waals surface area (Å²) in [6.07, 6.45) is 2.21. The average Bonchev–Trinajstić information content (AvgIpc) is 2.63. The van der Waals surface area contributed by atoms with Gasteiger partial charge in [-0.3, -0.25) is 0 Å². The Morgan fingerprint density at radius 3 is 2.83 bits per heavy atom. The molecular weight excluding hydrogens is 228 g/mol. The van der Waals surface area contributed by atoms with Crippen molar-refractivity contribution in [2.45, 2.75) is 39.7 Å². The molecule has 1 N–H and O–H groups in total. The molecule has 0 bridgehead atoms. The number of carbonyl (C=O) groups is 1. The first-order chi connectivity index (χ1) is 8.54. The van der Waals surface area contributed by atoms with Gasteiger partial charge in [0.25, 0.3) is 0 Å². The molecule has 1 aromatic carbocycles. The zero-order valence-corrected chi connectivity index (χ0v) is 11.0. The number of carboxylic acids is 1. The van der Waals surface area contributed by atoms with Gasteiger partial charge in [-0.05, 0) is 38.5 Å². The fourth-order valence-corrected chi connectivity index (χ4v) is 2.46. The van der Waals surface area contributed by atoms with Crippen LogP contribution < -0.4 is 0 Å². The lowest BCUT2D eigenvalue weighted by atomic mass is 10.1. The molecule has 0 fully saturated rings. The summed E-state index contributed by atoms with van der Waals surface area (Å²) in [5, 5.41) is 8.98. The average molecular weight is 246 g/mol. The van der Waals surface area contributed by atoms with Gasteiger partial charge in [0, 0.05) is 6.04 Å². The highest BCUT2D eigenvalue weighted by atomic mass is 16.4. The Bertz CT molecular complexity index is 587. The number of aromatic carboxylic acids is 1. The van der Waals surface area contributed by atoms with Crippen molar-refractivity contribution < 1.29 is 9.90 Å². The highest BCUT2D eigenvalue weighted by Crippen LogP contribution is 2.24. The third-order valence-electron chi connectivity index (χ3n) is 3.26. The highest BCUT2D eigenvalue weighted by molar-refractivity contribution is 5.92. The fraction of sp³-hybridized carbons (Fsp3) is 0.429. The van der Waals surface area contributed by atoms with Crippen molar-refractivity contribution in [3.8, 4) is 0 Å². The molecule has 0 aliphatic carbocycles. The minimum atomic E-state index is -0.911. The molecule has 4 nitrogen and oxygen atoms in total. The number of aryl methyl sites for hydroxylation is 1. The summed E-state index contributed by atoms with van der Waals surface area (Å²) in [7, 11) is 0. The first-order valence-corrected chi connectivity index (χ1v) is 6.26. The maximum absolute atomic E-state index is 10.9. The lowest BCUT2D eigenvalue weighted by Gasteiger charge is -2.15. The zero-order valence-electron chi connectivity index (χ0n) is 11.0. The molecule has 0 amide bonds. The lowest BCUT2D eigenvalue weighted by Crippen LogP contribution is -2.06. The van der Waals surface area contributed by atoms with Gasteiger partial charge in [0.15, 0.2) is 0 Å². The third-order valence-corrected chi connectivity index (χ3v) is 3.26. The number of imidazole rings is 1. The van der Waals surface area contributed by atoms with Crippen LogP contribution in [0.15, 0.2) is 18.2 Å². The van der Waals surface area contributed by atoms with Crippen LogP contribution in [0.2, 0.25) is 0 Å².